The van der Waals surface area contributed by atoms with Crippen LogP contribution in [0, 0.1) is 11.8 Å². The van der Waals surface area contributed by atoms with Crippen molar-refractivity contribution in [2.45, 2.75) is 12.6 Å². The molecule has 0 aliphatic heterocycles. The van der Waals surface area contributed by atoms with Gasteiger partial charge < -0.3 is 4.79 Å². The normalized spacial score (nSPS) is 10.3. The van der Waals surface area contributed by atoms with E-state index in [1.807, 2.05) is 0 Å². The summed E-state index contributed by atoms with van der Waals surface area (Å²) in [7, 11) is 0. The van der Waals surface area contributed by atoms with Crippen molar-refractivity contribution in [1.82, 2.24) is 0 Å². The maximum absolute atomic E-state index is 12.5. The van der Waals surface area contributed by atoms with Gasteiger partial charge in [-0.1, -0.05) is 11.8 Å². The summed E-state index contributed by atoms with van der Waals surface area (Å²) in [6.07, 6.45) is -3.95. The molecule has 0 saturated carbocycles. The highest BCUT2D eigenvalue weighted by Gasteiger charge is 2.33. The fraction of sp³-hybridized carbons (Fsp3) is 0.167. The van der Waals surface area contributed by atoms with Crippen LogP contribution < -0.4 is 0 Å². The molecule has 0 aliphatic carbocycles. The molecule has 1 aromatic rings. The average molecular weight is 240 g/mol. The van der Waals surface area contributed by atoms with Crippen molar-refractivity contribution >= 4 is 12.6 Å². The van der Waals surface area contributed by atoms with Gasteiger partial charge in [-0.25, -0.2) is 0 Å². The molecular weight excluding hydrogens is 233 g/mol. The standard InChI is InChI=1S/C12H7F3O2/c13-12(14,15)11-7-9(3-1-2-6-16)4-5-10(11)8-17/h4-8H,2H2. The van der Waals surface area contributed by atoms with Gasteiger partial charge in [0.25, 0.3) is 0 Å². The number of alkyl halides is 3. The molecule has 17 heavy (non-hydrogen) atoms. The smallest absolute Gasteiger partial charge is 0.302 e. The lowest BCUT2D eigenvalue weighted by atomic mass is 10.0. The molecule has 0 saturated heterocycles. The molecule has 0 heterocycles. The first-order chi connectivity index (χ1) is 7.99. The van der Waals surface area contributed by atoms with E-state index in [4.69, 9.17) is 0 Å². The molecule has 1 rings (SSSR count). The second-order valence-electron chi connectivity index (χ2n) is 3.09. The zero-order valence-corrected chi connectivity index (χ0v) is 8.54. The van der Waals surface area contributed by atoms with Crippen LogP contribution in [0.15, 0.2) is 18.2 Å². The summed E-state index contributed by atoms with van der Waals surface area (Å²) < 4.78 is 37.6. The number of rotatable bonds is 2. The Hall–Kier alpha value is -2.09. The second kappa shape index (κ2) is 5.30. The van der Waals surface area contributed by atoms with Crippen molar-refractivity contribution < 1.29 is 22.8 Å². The zero-order valence-electron chi connectivity index (χ0n) is 8.54. The van der Waals surface area contributed by atoms with Crippen LogP contribution in [0.2, 0.25) is 0 Å². The Morgan fingerprint density at radius 1 is 1.24 bits per heavy atom. The molecule has 0 atom stereocenters. The average Bonchev–Trinajstić information content (AvgIpc) is 2.28. The van der Waals surface area contributed by atoms with Crippen molar-refractivity contribution in [3.05, 3.63) is 34.9 Å². The zero-order chi connectivity index (χ0) is 12.9. The Morgan fingerprint density at radius 2 is 1.94 bits per heavy atom. The Balaban J connectivity index is 3.19. The lowest BCUT2D eigenvalue weighted by Gasteiger charge is -2.09. The predicted molar refractivity (Wildman–Crippen MR) is 54.4 cm³/mol. The highest BCUT2D eigenvalue weighted by molar-refractivity contribution is 5.78. The lowest BCUT2D eigenvalue weighted by molar-refractivity contribution is -0.137. The van der Waals surface area contributed by atoms with Crippen molar-refractivity contribution in [3.8, 4) is 11.8 Å². The predicted octanol–water partition coefficient (Wildman–Crippen LogP) is 2.46. The fourth-order valence-electron chi connectivity index (χ4n) is 1.18. The molecule has 0 amide bonds. The van der Waals surface area contributed by atoms with Crippen LogP contribution in [0.25, 0.3) is 0 Å². The first-order valence-corrected chi connectivity index (χ1v) is 4.58. The van der Waals surface area contributed by atoms with Crippen LogP contribution >= 0.6 is 0 Å². The molecular formula is C12H7F3O2. The Bertz CT molecular complexity index is 493. The van der Waals surface area contributed by atoms with Crippen LogP contribution in [0.3, 0.4) is 0 Å². The van der Waals surface area contributed by atoms with Gasteiger partial charge >= 0.3 is 6.18 Å². The molecule has 0 aliphatic rings. The first-order valence-electron chi connectivity index (χ1n) is 4.58. The maximum atomic E-state index is 12.5. The van der Waals surface area contributed by atoms with Gasteiger partial charge in [0.2, 0.25) is 0 Å². The van der Waals surface area contributed by atoms with Crippen molar-refractivity contribution in [3.63, 3.8) is 0 Å². The minimum absolute atomic E-state index is 0.0449. The Morgan fingerprint density at radius 3 is 2.47 bits per heavy atom. The van der Waals surface area contributed by atoms with Gasteiger partial charge in [0.1, 0.15) is 6.29 Å². The molecule has 5 heteroatoms. The third kappa shape index (κ3) is 3.45. The molecule has 0 bridgehead atoms. The van der Waals surface area contributed by atoms with E-state index in [9.17, 15) is 22.8 Å². The summed E-state index contributed by atoms with van der Waals surface area (Å²) in [5.41, 5.74) is -1.34. The first kappa shape index (κ1) is 13.0. The summed E-state index contributed by atoms with van der Waals surface area (Å²) in [5, 5.41) is 0. The van der Waals surface area contributed by atoms with Crippen LogP contribution in [0.1, 0.15) is 27.9 Å². The van der Waals surface area contributed by atoms with Crippen LogP contribution in [0.5, 0.6) is 0 Å². The molecule has 0 unspecified atom stereocenters. The van der Waals surface area contributed by atoms with Gasteiger partial charge in [0.05, 0.1) is 12.0 Å². The molecule has 1 aromatic carbocycles. The van der Waals surface area contributed by atoms with Crippen LogP contribution in [0.4, 0.5) is 13.2 Å². The topological polar surface area (TPSA) is 34.1 Å². The number of hydrogen-bond acceptors (Lipinski definition) is 2. The molecule has 2 nitrogen and oxygen atoms in total. The molecule has 0 aromatic heterocycles. The van der Waals surface area contributed by atoms with Crippen molar-refractivity contribution in [1.29, 1.82) is 0 Å². The Kier molecular flexibility index (Phi) is 4.05. The van der Waals surface area contributed by atoms with Gasteiger partial charge in [0.15, 0.2) is 6.29 Å². The minimum atomic E-state index is -4.60. The third-order valence-corrected chi connectivity index (χ3v) is 1.90. The number of carbonyl (C=O) groups excluding carboxylic acids is 2. The van der Waals surface area contributed by atoms with E-state index < -0.39 is 17.3 Å². The van der Waals surface area contributed by atoms with E-state index in [0.29, 0.717) is 6.29 Å². The van der Waals surface area contributed by atoms with Gasteiger partial charge in [-0.3, -0.25) is 4.79 Å². The largest absolute Gasteiger partial charge is 0.417 e. The van der Waals surface area contributed by atoms with E-state index in [2.05, 4.69) is 11.8 Å². The third-order valence-electron chi connectivity index (χ3n) is 1.90. The van der Waals surface area contributed by atoms with E-state index in [1.54, 1.807) is 0 Å². The van der Waals surface area contributed by atoms with Gasteiger partial charge in [-0.15, -0.1) is 0 Å². The van der Waals surface area contributed by atoms with Crippen LogP contribution in [-0.4, -0.2) is 12.6 Å². The van der Waals surface area contributed by atoms with E-state index in [-0.39, 0.29) is 18.3 Å². The van der Waals surface area contributed by atoms with Crippen LogP contribution in [-0.2, 0) is 11.0 Å². The molecule has 0 N–H and O–H groups in total. The molecule has 0 radical (unpaired) electrons. The highest BCUT2D eigenvalue weighted by Crippen LogP contribution is 2.31. The van der Waals surface area contributed by atoms with Crippen molar-refractivity contribution in [2.24, 2.45) is 0 Å². The molecule has 0 fully saturated rings. The summed E-state index contributed by atoms with van der Waals surface area (Å²) in [6, 6.07) is 3.15. The molecule has 0 spiro atoms. The number of halogens is 3. The summed E-state index contributed by atoms with van der Waals surface area (Å²) in [4.78, 5) is 20.5. The van der Waals surface area contributed by atoms with E-state index in [0.717, 1.165) is 12.1 Å². The summed E-state index contributed by atoms with van der Waals surface area (Å²) in [6.45, 7) is 0. The minimum Gasteiger partial charge on any atom is -0.302 e. The van der Waals surface area contributed by atoms with E-state index in [1.165, 1.54) is 6.07 Å². The summed E-state index contributed by atoms with van der Waals surface area (Å²) in [5.74, 6) is 4.81. The number of benzene rings is 1. The monoisotopic (exact) mass is 240 g/mol. The van der Waals surface area contributed by atoms with Gasteiger partial charge in [0, 0.05) is 11.1 Å². The van der Waals surface area contributed by atoms with Gasteiger partial charge in [-0.2, -0.15) is 13.2 Å². The number of hydrogen-bond donors (Lipinski definition) is 0. The van der Waals surface area contributed by atoms with Gasteiger partial charge in [-0.05, 0) is 18.2 Å². The number of aldehydes is 2. The van der Waals surface area contributed by atoms with Crippen molar-refractivity contribution in [2.75, 3.05) is 0 Å². The maximum Gasteiger partial charge on any atom is 0.417 e. The quantitative estimate of drug-likeness (QED) is 0.587. The SMILES string of the molecule is O=CCC#Cc1ccc(C=O)c(C(F)(F)F)c1. The Labute approximate surface area is 95.4 Å². The molecule has 88 valence electrons. The summed E-state index contributed by atoms with van der Waals surface area (Å²) >= 11 is 0. The second-order valence-corrected chi connectivity index (χ2v) is 3.09. The van der Waals surface area contributed by atoms with E-state index >= 15 is 0 Å². The number of carbonyl (C=O) groups is 2. The fourth-order valence-corrected chi connectivity index (χ4v) is 1.18. The lowest BCUT2D eigenvalue weighted by Crippen LogP contribution is -2.09. The highest BCUT2D eigenvalue weighted by atomic mass is 19.4.